The van der Waals surface area contributed by atoms with Crippen molar-refractivity contribution in [1.29, 1.82) is 0 Å². The normalized spacial score (nSPS) is 31.3. The molecule has 4 fully saturated rings. The first-order valence-electron chi connectivity index (χ1n) is 9.87. The van der Waals surface area contributed by atoms with Crippen molar-refractivity contribution in [3.63, 3.8) is 0 Å². The molecule has 0 unspecified atom stereocenters. The van der Waals surface area contributed by atoms with Crippen LogP contribution in [0.2, 0.25) is 0 Å². The minimum atomic E-state index is -4.67. The molecule has 4 saturated carbocycles. The highest BCUT2D eigenvalue weighted by Crippen LogP contribution is 2.60. The second kappa shape index (κ2) is 7.79. The van der Waals surface area contributed by atoms with Crippen molar-refractivity contribution in [3.8, 4) is 0 Å². The van der Waals surface area contributed by atoms with Gasteiger partial charge in [-0.3, -0.25) is 14.3 Å². The van der Waals surface area contributed by atoms with Crippen LogP contribution in [0.25, 0.3) is 0 Å². The van der Waals surface area contributed by atoms with E-state index in [0.29, 0.717) is 19.3 Å². The number of ether oxygens (including phenoxy) is 2. The predicted octanol–water partition coefficient (Wildman–Crippen LogP) is 2.61. The van der Waals surface area contributed by atoms with E-state index in [1.54, 1.807) is 0 Å². The molecule has 1 amide bonds. The Morgan fingerprint density at radius 2 is 1.71 bits per heavy atom. The summed E-state index contributed by atoms with van der Waals surface area (Å²) in [7, 11) is 0. The van der Waals surface area contributed by atoms with E-state index >= 15 is 0 Å². The van der Waals surface area contributed by atoms with Crippen LogP contribution in [-0.2, 0) is 14.3 Å². The Kier molecular flexibility index (Phi) is 5.55. The fraction of sp³-hybridized carbons (Fsp3) is 0.600. The van der Waals surface area contributed by atoms with E-state index in [1.165, 1.54) is 6.07 Å². The lowest BCUT2D eigenvalue weighted by Crippen LogP contribution is -2.83. The lowest BCUT2D eigenvalue weighted by molar-refractivity contribution is -0.357. The number of hydrogen-bond donors (Lipinski definition) is 2. The smallest absolute Gasteiger partial charge is 0.368 e. The third-order valence-corrected chi connectivity index (χ3v) is 6.10. The number of carbonyl (C=O) groups excluding carboxylic acids is 2. The number of halogens is 5. The molecular weight excluding hydrogens is 427 g/mol. The molecule has 1 aromatic rings. The monoisotopic (exact) mass is 448 g/mol. The van der Waals surface area contributed by atoms with Crippen molar-refractivity contribution in [2.75, 3.05) is 13.2 Å². The average Bonchev–Trinajstić information content (AvgIpc) is 2.58. The number of ketones is 1. The standard InChI is InChI=1S/C20H21F5N2O4/c21-14-2-1-11(3-15(14)22)16(28)6-26-18-8-19(9-18,10-18)27-17(29)7-30-12-4-13(5-12)31-20(23,24)25/h1-3,12-13,26H,4-10H2,(H,27,29). The van der Waals surface area contributed by atoms with Crippen LogP contribution < -0.4 is 10.6 Å². The molecule has 4 aliphatic carbocycles. The van der Waals surface area contributed by atoms with Crippen molar-refractivity contribution in [3.05, 3.63) is 35.4 Å². The maximum absolute atomic E-state index is 13.2. The highest BCUT2D eigenvalue weighted by molar-refractivity contribution is 5.97. The summed E-state index contributed by atoms with van der Waals surface area (Å²) < 4.78 is 71.6. The Labute approximate surface area is 174 Å². The number of alkyl halides is 3. The minimum Gasteiger partial charge on any atom is -0.368 e. The summed E-state index contributed by atoms with van der Waals surface area (Å²) in [6.07, 6.45) is -3.95. The van der Waals surface area contributed by atoms with Gasteiger partial charge in [0.1, 0.15) is 6.61 Å². The Hall–Kier alpha value is -2.11. The van der Waals surface area contributed by atoms with E-state index in [-0.39, 0.29) is 54.3 Å². The molecule has 0 spiro atoms. The molecule has 1 aromatic carbocycles. The van der Waals surface area contributed by atoms with E-state index in [0.717, 1.165) is 12.1 Å². The number of Topliss-reactive ketones (excluding diaryl/α,β-unsaturated/α-hetero) is 1. The van der Waals surface area contributed by atoms with Gasteiger partial charge in [-0.15, -0.1) is 13.2 Å². The van der Waals surface area contributed by atoms with Crippen LogP contribution in [0, 0.1) is 11.6 Å². The van der Waals surface area contributed by atoms with Crippen LogP contribution in [0.3, 0.4) is 0 Å². The fourth-order valence-corrected chi connectivity index (χ4v) is 4.61. The molecule has 0 aliphatic heterocycles. The molecule has 0 atom stereocenters. The first kappa shape index (κ1) is 22.1. The molecule has 4 aliphatic rings. The van der Waals surface area contributed by atoms with Crippen LogP contribution in [0.5, 0.6) is 0 Å². The van der Waals surface area contributed by atoms with Crippen LogP contribution in [-0.4, -0.2) is 54.5 Å². The molecule has 31 heavy (non-hydrogen) atoms. The lowest BCUT2D eigenvalue weighted by atomic mass is 9.44. The number of hydrogen-bond acceptors (Lipinski definition) is 5. The largest absolute Gasteiger partial charge is 0.522 e. The van der Waals surface area contributed by atoms with Gasteiger partial charge in [-0.2, -0.15) is 0 Å². The number of carbonyl (C=O) groups is 2. The van der Waals surface area contributed by atoms with Gasteiger partial charge in [0, 0.05) is 29.5 Å². The van der Waals surface area contributed by atoms with Crippen molar-refractivity contribution in [2.24, 2.45) is 0 Å². The van der Waals surface area contributed by atoms with Gasteiger partial charge in [0.2, 0.25) is 5.91 Å². The second-order valence-electron chi connectivity index (χ2n) is 8.63. The molecule has 2 bridgehead atoms. The summed E-state index contributed by atoms with van der Waals surface area (Å²) in [5.41, 5.74) is -0.546. The highest BCUT2D eigenvalue weighted by atomic mass is 19.4. The van der Waals surface area contributed by atoms with Gasteiger partial charge >= 0.3 is 6.36 Å². The van der Waals surface area contributed by atoms with Crippen LogP contribution in [0.1, 0.15) is 42.5 Å². The first-order valence-corrected chi connectivity index (χ1v) is 9.87. The fourth-order valence-electron chi connectivity index (χ4n) is 4.61. The van der Waals surface area contributed by atoms with Crippen molar-refractivity contribution in [2.45, 2.75) is 61.8 Å². The Bertz CT molecular complexity index is 865. The van der Waals surface area contributed by atoms with Gasteiger partial charge in [-0.1, -0.05) is 0 Å². The quantitative estimate of drug-likeness (QED) is 0.449. The molecule has 11 heteroatoms. The molecule has 0 heterocycles. The molecular formula is C20H21F5N2O4. The van der Waals surface area contributed by atoms with Crippen molar-refractivity contribution >= 4 is 11.7 Å². The maximum Gasteiger partial charge on any atom is 0.522 e. The number of rotatable bonds is 9. The molecule has 170 valence electrons. The van der Waals surface area contributed by atoms with E-state index in [4.69, 9.17) is 4.74 Å². The molecule has 5 rings (SSSR count). The van der Waals surface area contributed by atoms with E-state index in [2.05, 4.69) is 15.4 Å². The SMILES string of the molecule is O=C(COC1CC(OC(F)(F)F)C1)NC12CC(NCC(=O)c3ccc(F)c(F)c3)(C1)C2. The van der Waals surface area contributed by atoms with Crippen LogP contribution in [0.15, 0.2) is 18.2 Å². The van der Waals surface area contributed by atoms with Crippen LogP contribution in [0.4, 0.5) is 22.0 Å². The highest BCUT2D eigenvalue weighted by Gasteiger charge is 2.68. The summed E-state index contributed by atoms with van der Waals surface area (Å²) in [5, 5.41) is 6.01. The first-order chi connectivity index (χ1) is 14.5. The zero-order valence-electron chi connectivity index (χ0n) is 16.4. The molecule has 2 N–H and O–H groups in total. The maximum atomic E-state index is 13.2. The van der Waals surface area contributed by atoms with Gasteiger partial charge in [0.25, 0.3) is 0 Å². The third kappa shape index (κ3) is 4.88. The second-order valence-corrected chi connectivity index (χ2v) is 8.63. The van der Waals surface area contributed by atoms with Gasteiger partial charge in [0.05, 0.1) is 18.8 Å². The molecule has 0 radical (unpaired) electrons. The summed E-state index contributed by atoms with van der Waals surface area (Å²) in [6, 6.07) is 3.00. The zero-order valence-corrected chi connectivity index (χ0v) is 16.4. The van der Waals surface area contributed by atoms with Gasteiger partial charge in [0.15, 0.2) is 17.4 Å². The Balaban J connectivity index is 1.12. The summed E-state index contributed by atoms with van der Waals surface area (Å²) in [6.45, 7) is -0.263. The molecule has 0 aromatic heterocycles. The predicted molar refractivity (Wildman–Crippen MR) is 96.0 cm³/mol. The molecule has 0 saturated heterocycles. The topological polar surface area (TPSA) is 76.7 Å². The van der Waals surface area contributed by atoms with Gasteiger partial charge in [-0.05, 0) is 37.5 Å². The summed E-state index contributed by atoms with van der Waals surface area (Å²) >= 11 is 0. The molecule has 6 nitrogen and oxygen atoms in total. The summed E-state index contributed by atoms with van der Waals surface area (Å²) in [4.78, 5) is 24.2. The number of amides is 1. The zero-order chi connectivity index (χ0) is 22.4. The van der Waals surface area contributed by atoms with Gasteiger partial charge < -0.3 is 15.4 Å². The van der Waals surface area contributed by atoms with E-state index in [9.17, 15) is 31.5 Å². The minimum absolute atomic E-state index is 0.0267. The average molecular weight is 448 g/mol. The van der Waals surface area contributed by atoms with Crippen molar-refractivity contribution in [1.82, 2.24) is 10.6 Å². The Morgan fingerprint density at radius 3 is 2.32 bits per heavy atom. The Morgan fingerprint density at radius 1 is 1.03 bits per heavy atom. The van der Waals surface area contributed by atoms with E-state index < -0.39 is 30.2 Å². The van der Waals surface area contributed by atoms with Crippen molar-refractivity contribution < 1.29 is 41.0 Å². The van der Waals surface area contributed by atoms with Gasteiger partial charge in [-0.25, -0.2) is 8.78 Å². The number of nitrogens with one attached hydrogen (secondary N) is 2. The van der Waals surface area contributed by atoms with Crippen LogP contribution >= 0.6 is 0 Å². The lowest BCUT2D eigenvalue weighted by Gasteiger charge is -2.70. The summed E-state index contributed by atoms with van der Waals surface area (Å²) in [5.74, 6) is -2.79. The number of benzene rings is 1. The third-order valence-electron chi connectivity index (χ3n) is 6.10. The van der Waals surface area contributed by atoms with E-state index in [1.807, 2.05) is 0 Å².